The summed E-state index contributed by atoms with van der Waals surface area (Å²) in [5.74, 6) is 0. The molecule has 0 spiro atoms. The fourth-order valence-electron chi connectivity index (χ4n) is 0.899. The molecule has 0 atom stereocenters. The molecular weight excluding hydrogens is 228 g/mol. The zero-order valence-corrected chi connectivity index (χ0v) is 10.4. The number of amides is 1. The lowest BCUT2D eigenvalue weighted by molar-refractivity contribution is 0.0530. The Balaban J connectivity index is 2.09. The van der Waals surface area contributed by atoms with E-state index in [0.29, 0.717) is 13.1 Å². The maximum absolute atomic E-state index is 11.2. The van der Waals surface area contributed by atoms with Crippen LogP contribution in [0.1, 0.15) is 20.8 Å². The van der Waals surface area contributed by atoms with Crippen molar-refractivity contribution in [2.24, 2.45) is 0 Å². The van der Waals surface area contributed by atoms with Crippen molar-refractivity contribution < 1.29 is 9.53 Å². The van der Waals surface area contributed by atoms with Crippen LogP contribution in [-0.4, -0.2) is 34.1 Å². The summed E-state index contributed by atoms with van der Waals surface area (Å²) >= 11 is 1.28. The van der Waals surface area contributed by atoms with Crippen LogP contribution in [0.4, 0.5) is 9.93 Å². The number of nitrogens with zero attached hydrogens (tertiary/aromatic N) is 2. The van der Waals surface area contributed by atoms with Crippen molar-refractivity contribution in [3.05, 3.63) is 6.33 Å². The number of carbonyl (C=O) groups excluding carboxylic acids is 1. The predicted octanol–water partition coefficient (Wildman–Crippen LogP) is 1.47. The Hall–Kier alpha value is -1.37. The quantitative estimate of drug-likeness (QED) is 0.784. The van der Waals surface area contributed by atoms with Crippen molar-refractivity contribution in [3.63, 3.8) is 0 Å². The van der Waals surface area contributed by atoms with Gasteiger partial charge in [0.15, 0.2) is 0 Å². The van der Waals surface area contributed by atoms with Crippen molar-refractivity contribution in [3.8, 4) is 0 Å². The first-order valence-corrected chi connectivity index (χ1v) is 5.72. The third-order valence-corrected chi connectivity index (χ3v) is 2.05. The second-order valence-corrected chi connectivity index (χ2v) is 4.88. The highest BCUT2D eigenvalue weighted by atomic mass is 32.1. The van der Waals surface area contributed by atoms with Crippen LogP contribution < -0.4 is 10.6 Å². The van der Waals surface area contributed by atoms with E-state index in [1.54, 1.807) is 0 Å². The maximum Gasteiger partial charge on any atom is 0.407 e. The van der Waals surface area contributed by atoms with Gasteiger partial charge < -0.3 is 15.4 Å². The molecule has 7 heteroatoms. The lowest BCUT2D eigenvalue weighted by atomic mass is 10.2. The van der Waals surface area contributed by atoms with Crippen molar-refractivity contribution in [1.29, 1.82) is 0 Å². The molecule has 0 saturated carbocycles. The van der Waals surface area contributed by atoms with Gasteiger partial charge in [0.05, 0.1) is 0 Å². The largest absolute Gasteiger partial charge is 0.444 e. The monoisotopic (exact) mass is 244 g/mol. The molecule has 1 amide bonds. The SMILES string of the molecule is CC(C)(C)OC(=O)NCCNc1ncns1. The number of nitrogens with one attached hydrogen (secondary N) is 2. The Bertz CT molecular complexity index is 321. The molecule has 0 aliphatic rings. The van der Waals surface area contributed by atoms with Gasteiger partial charge in [0, 0.05) is 24.6 Å². The molecule has 0 aliphatic carbocycles. The summed E-state index contributed by atoms with van der Waals surface area (Å²) in [5.41, 5.74) is -0.462. The minimum absolute atomic E-state index is 0.411. The first-order valence-electron chi connectivity index (χ1n) is 4.95. The minimum atomic E-state index is -0.462. The molecule has 1 aromatic rings. The molecule has 0 aromatic carbocycles. The van der Waals surface area contributed by atoms with Crippen LogP contribution in [0.5, 0.6) is 0 Å². The van der Waals surface area contributed by atoms with Crippen LogP contribution in [0.25, 0.3) is 0 Å². The lowest BCUT2D eigenvalue weighted by Gasteiger charge is -2.19. The number of hydrogen-bond donors (Lipinski definition) is 2. The standard InChI is InChI=1S/C9H16N4O2S/c1-9(2,3)15-8(14)11-5-4-10-7-12-6-13-16-7/h6H,4-5H2,1-3H3,(H,11,14)(H,10,12,13). The highest BCUT2D eigenvalue weighted by Crippen LogP contribution is 2.06. The average Bonchev–Trinajstić information content (AvgIpc) is 2.62. The fraction of sp³-hybridized carbons (Fsp3) is 0.667. The maximum atomic E-state index is 11.2. The number of carbonyl (C=O) groups is 1. The van der Waals surface area contributed by atoms with Crippen molar-refractivity contribution in [1.82, 2.24) is 14.7 Å². The molecule has 0 bridgehead atoms. The fourth-order valence-corrected chi connectivity index (χ4v) is 1.35. The van der Waals surface area contributed by atoms with Gasteiger partial charge in [-0.3, -0.25) is 0 Å². The molecular formula is C9H16N4O2S. The van der Waals surface area contributed by atoms with Gasteiger partial charge in [0.1, 0.15) is 11.9 Å². The molecule has 0 fully saturated rings. The Kier molecular flexibility index (Phi) is 4.48. The van der Waals surface area contributed by atoms with E-state index in [9.17, 15) is 4.79 Å². The zero-order valence-electron chi connectivity index (χ0n) is 9.61. The summed E-state index contributed by atoms with van der Waals surface area (Å²) in [4.78, 5) is 15.2. The van der Waals surface area contributed by atoms with Crippen LogP contribution in [-0.2, 0) is 4.74 Å². The van der Waals surface area contributed by atoms with E-state index in [0.717, 1.165) is 5.13 Å². The Labute approximate surface area is 98.6 Å². The molecule has 0 aliphatic heterocycles. The van der Waals surface area contributed by atoms with Crippen LogP contribution >= 0.6 is 11.5 Å². The van der Waals surface area contributed by atoms with E-state index in [2.05, 4.69) is 20.0 Å². The van der Waals surface area contributed by atoms with Crippen LogP contribution in [0.15, 0.2) is 6.33 Å². The van der Waals surface area contributed by atoms with Gasteiger partial charge in [-0.25, -0.2) is 9.78 Å². The number of hydrogen-bond acceptors (Lipinski definition) is 6. The van der Waals surface area contributed by atoms with E-state index in [1.165, 1.54) is 17.9 Å². The number of anilines is 1. The second-order valence-electron chi connectivity index (χ2n) is 4.10. The van der Waals surface area contributed by atoms with Gasteiger partial charge in [-0.15, -0.1) is 0 Å². The van der Waals surface area contributed by atoms with Crippen molar-refractivity contribution in [2.75, 3.05) is 18.4 Å². The molecule has 90 valence electrons. The second kappa shape index (κ2) is 5.64. The van der Waals surface area contributed by atoms with Gasteiger partial charge in [-0.2, -0.15) is 4.37 Å². The van der Waals surface area contributed by atoms with E-state index < -0.39 is 11.7 Å². The predicted molar refractivity (Wildman–Crippen MR) is 62.6 cm³/mol. The Morgan fingerprint density at radius 3 is 2.81 bits per heavy atom. The molecule has 1 heterocycles. The minimum Gasteiger partial charge on any atom is -0.444 e. The third-order valence-electron chi connectivity index (χ3n) is 1.43. The number of rotatable bonds is 4. The van der Waals surface area contributed by atoms with E-state index in [4.69, 9.17) is 4.74 Å². The lowest BCUT2D eigenvalue weighted by Crippen LogP contribution is -2.34. The van der Waals surface area contributed by atoms with Gasteiger partial charge in [-0.1, -0.05) is 0 Å². The first kappa shape index (κ1) is 12.7. The summed E-state index contributed by atoms with van der Waals surface area (Å²) in [6, 6.07) is 0. The Morgan fingerprint density at radius 1 is 1.50 bits per heavy atom. The zero-order chi connectivity index (χ0) is 12.0. The first-order chi connectivity index (χ1) is 7.47. The van der Waals surface area contributed by atoms with Gasteiger partial charge in [0.2, 0.25) is 5.13 Å². The van der Waals surface area contributed by atoms with Gasteiger partial charge >= 0.3 is 6.09 Å². The molecule has 2 N–H and O–H groups in total. The van der Waals surface area contributed by atoms with E-state index >= 15 is 0 Å². The van der Waals surface area contributed by atoms with Gasteiger partial charge in [-0.05, 0) is 20.8 Å². The number of alkyl carbamates (subject to hydrolysis) is 1. The average molecular weight is 244 g/mol. The molecule has 16 heavy (non-hydrogen) atoms. The highest BCUT2D eigenvalue weighted by molar-refractivity contribution is 7.09. The molecule has 0 saturated heterocycles. The molecule has 6 nitrogen and oxygen atoms in total. The number of aromatic nitrogens is 2. The summed E-state index contributed by atoms with van der Waals surface area (Å²) in [6.07, 6.45) is 1.07. The highest BCUT2D eigenvalue weighted by Gasteiger charge is 2.15. The van der Waals surface area contributed by atoms with Crippen molar-refractivity contribution in [2.45, 2.75) is 26.4 Å². The van der Waals surface area contributed by atoms with Gasteiger partial charge in [0.25, 0.3) is 0 Å². The summed E-state index contributed by atoms with van der Waals surface area (Å²) < 4.78 is 8.91. The molecule has 0 unspecified atom stereocenters. The smallest absolute Gasteiger partial charge is 0.407 e. The normalized spacial score (nSPS) is 10.9. The van der Waals surface area contributed by atoms with Crippen molar-refractivity contribution >= 4 is 22.8 Å². The number of ether oxygens (including phenoxy) is 1. The van der Waals surface area contributed by atoms with Crippen LogP contribution in [0.2, 0.25) is 0 Å². The molecule has 0 radical (unpaired) electrons. The summed E-state index contributed by atoms with van der Waals surface area (Å²) in [7, 11) is 0. The van der Waals surface area contributed by atoms with Crippen LogP contribution in [0.3, 0.4) is 0 Å². The molecule has 1 rings (SSSR count). The molecule has 1 aromatic heterocycles. The van der Waals surface area contributed by atoms with E-state index in [1.807, 2.05) is 20.8 Å². The topological polar surface area (TPSA) is 76.1 Å². The Morgan fingerprint density at radius 2 is 2.25 bits per heavy atom. The summed E-state index contributed by atoms with van der Waals surface area (Å²) in [5, 5.41) is 6.39. The van der Waals surface area contributed by atoms with E-state index in [-0.39, 0.29) is 0 Å². The van der Waals surface area contributed by atoms with Crippen LogP contribution in [0, 0.1) is 0 Å². The summed E-state index contributed by atoms with van der Waals surface area (Å²) in [6.45, 7) is 6.55. The third kappa shape index (κ3) is 5.50.